The second-order valence-electron chi connectivity index (χ2n) is 11.2. The SMILES string of the molecule is CC1CC(CN2C(=O)C3CC(S(=O)(=O)NC4(C)CC4)CCC3N(CC3CCCCO3)C2=O)ON1. The van der Waals surface area contributed by atoms with E-state index in [0.29, 0.717) is 32.4 Å². The van der Waals surface area contributed by atoms with Gasteiger partial charge < -0.3 is 9.64 Å². The minimum absolute atomic E-state index is 0.0456. The quantitative estimate of drug-likeness (QED) is 0.546. The average Bonchev–Trinajstić information content (AvgIpc) is 3.37. The molecule has 5 rings (SSSR count). The number of nitrogens with zero attached hydrogens (tertiary/aromatic N) is 2. The number of imide groups is 1. The van der Waals surface area contributed by atoms with E-state index in [1.54, 1.807) is 4.90 Å². The third-order valence-electron chi connectivity index (χ3n) is 8.17. The number of ether oxygens (including phenoxy) is 1. The lowest BCUT2D eigenvalue weighted by molar-refractivity contribution is -0.143. The van der Waals surface area contributed by atoms with Crippen molar-refractivity contribution in [2.75, 3.05) is 19.7 Å². The first-order valence-corrected chi connectivity index (χ1v) is 14.4. The van der Waals surface area contributed by atoms with E-state index in [2.05, 4.69) is 10.2 Å². The van der Waals surface area contributed by atoms with Gasteiger partial charge in [-0.05, 0) is 71.6 Å². The Morgan fingerprint density at radius 2 is 1.88 bits per heavy atom. The van der Waals surface area contributed by atoms with E-state index in [1.165, 1.54) is 4.90 Å². The summed E-state index contributed by atoms with van der Waals surface area (Å²) in [6.07, 6.45) is 6.24. The highest BCUT2D eigenvalue weighted by Gasteiger charge is 2.53. The molecular formula is C23H38N4O6S. The predicted molar refractivity (Wildman–Crippen MR) is 124 cm³/mol. The Morgan fingerprint density at radius 3 is 2.53 bits per heavy atom. The van der Waals surface area contributed by atoms with Gasteiger partial charge in [-0.1, -0.05) is 0 Å². The monoisotopic (exact) mass is 498 g/mol. The van der Waals surface area contributed by atoms with Crippen LogP contribution in [0.15, 0.2) is 0 Å². The maximum absolute atomic E-state index is 13.6. The standard InChI is InChI=1S/C23H38N4O6S/c1-15-11-17(33-24-15)14-27-21(28)19-12-18(34(30,31)25-23(2)8-9-23)6-7-20(19)26(22(27)29)13-16-5-3-4-10-32-16/h15-20,24-25H,3-14H2,1-2H3. The molecule has 3 amide bonds. The van der Waals surface area contributed by atoms with Crippen LogP contribution in [-0.4, -0.2) is 84.9 Å². The Balaban J connectivity index is 1.36. The van der Waals surface area contributed by atoms with Gasteiger partial charge in [-0.3, -0.25) is 14.5 Å². The van der Waals surface area contributed by atoms with Gasteiger partial charge >= 0.3 is 6.03 Å². The topological polar surface area (TPSA) is 117 Å². The first-order valence-electron chi connectivity index (χ1n) is 12.8. The molecule has 0 bridgehead atoms. The molecule has 6 unspecified atom stereocenters. The number of hydrogen-bond acceptors (Lipinski definition) is 7. The van der Waals surface area contributed by atoms with Crippen LogP contribution in [-0.2, 0) is 24.4 Å². The molecule has 2 saturated carbocycles. The summed E-state index contributed by atoms with van der Waals surface area (Å²) in [5.74, 6) is -0.799. The molecule has 0 aromatic rings. The Morgan fingerprint density at radius 1 is 1.09 bits per heavy atom. The van der Waals surface area contributed by atoms with Crippen LogP contribution in [0.25, 0.3) is 0 Å². The van der Waals surface area contributed by atoms with Crippen LogP contribution in [0.5, 0.6) is 0 Å². The summed E-state index contributed by atoms with van der Waals surface area (Å²) in [5, 5.41) is -0.623. The van der Waals surface area contributed by atoms with E-state index in [-0.39, 0.29) is 54.7 Å². The Labute approximate surface area is 202 Å². The van der Waals surface area contributed by atoms with E-state index >= 15 is 0 Å². The zero-order valence-corrected chi connectivity index (χ0v) is 21.0. The molecule has 0 radical (unpaired) electrons. The summed E-state index contributed by atoms with van der Waals surface area (Å²) in [6.45, 7) is 5.22. The normalized spacial score (nSPS) is 38.2. The number of rotatable bonds is 7. The van der Waals surface area contributed by atoms with Crippen LogP contribution in [0.1, 0.15) is 71.6 Å². The van der Waals surface area contributed by atoms with E-state index in [1.807, 2.05) is 13.8 Å². The van der Waals surface area contributed by atoms with Crippen molar-refractivity contribution in [3.63, 3.8) is 0 Å². The molecule has 3 aliphatic heterocycles. The van der Waals surface area contributed by atoms with Crippen molar-refractivity contribution >= 4 is 22.0 Å². The summed E-state index contributed by atoms with van der Waals surface area (Å²) >= 11 is 0. The summed E-state index contributed by atoms with van der Waals surface area (Å²) in [5.41, 5.74) is 2.56. The lowest BCUT2D eigenvalue weighted by Crippen LogP contribution is -2.66. The molecule has 0 spiro atoms. The van der Waals surface area contributed by atoms with Gasteiger partial charge in [0.05, 0.1) is 29.9 Å². The van der Waals surface area contributed by atoms with Gasteiger partial charge in [-0.2, -0.15) is 5.48 Å². The van der Waals surface area contributed by atoms with E-state index < -0.39 is 21.2 Å². The molecule has 2 aliphatic carbocycles. The molecule has 11 heteroatoms. The number of carbonyl (C=O) groups is 2. The highest BCUT2D eigenvalue weighted by molar-refractivity contribution is 7.90. The molecule has 0 aromatic carbocycles. The summed E-state index contributed by atoms with van der Waals surface area (Å²) in [4.78, 5) is 35.9. The van der Waals surface area contributed by atoms with E-state index in [0.717, 1.165) is 32.1 Å². The highest BCUT2D eigenvalue weighted by Crippen LogP contribution is 2.40. The highest BCUT2D eigenvalue weighted by atomic mass is 32.2. The van der Waals surface area contributed by atoms with Crippen LogP contribution < -0.4 is 10.2 Å². The van der Waals surface area contributed by atoms with Crippen LogP contribution in [0.4, 0.5) is 4.79 Å². The predicted octanol–water partition coefficient (Wildman–Crippen LogP) is 1.51. The largest absolute Gasteiger partial charge is 0.376 e. The molecule has 3 heterocycles. The molecule has 5 aliphatic rings. The van der Waals surface area contributed by atoms with Crippen molar-refractivity contribution in [2.45, 2.75) is 107 Å². The van der Waals surface area contributed by atoms with Crippen molar-refractivity contribution in [2.24, 2.45) is 5.92 Å². The van der Waals surface area contributed by atoms with Crippen molar-refractivity contribution < 1.29 is 27.6 Å². The van der Waals surface area contributed by atoms with Crippen LogP contribution in [0, 0.1) is 5.92 Å². The lowest BCUT2D eigenvalue weighted by atomic mass is 9.80. The summed E-state index contributed by atoms with van der Waals surface area (Å²) in [6, 6.07) is -0.432. The zero-order valence-electron chi connectivity index (χ0n) is 20.2. The van der Waals surface area contributed by atoms with Crippen LogP contribution in [0.3, 0.4) is 0 Å². The lowest BCUT2D eigenvalue weighted by Gasteiger charge is -2.49. The van der Waals surface area contributed by atoms with Gasteiger partial charge in [0, 0.05) is 30.8 Å². The smallest absolute Gasteiger partial charge is 0.327 e. The van der Waals surface area contributed by atoms with E-state index in [9.17, 15) is 18.0 Å². The number of carbonyl (C=O) groups excluding carboxylic acids is 2. The van der Waals surface area contributed by atoms with Crippen molar-refractivity contribution in [3.8, 4) is 0 Å². The van der Waals surface area contributed by atoms with Crippen LogP contribution >= 0.6 is 0 Å². The van der Waals surface area contributed by atoms with Crippen molar-refractivity contribution in [3.05, 3.63) is 0 Å². The number of hydroxylamine groups is 1. The fourth-order valence-corrected chi connectivity index (χ4v) is 7.88. The molecule has 192 valence electrons. The van der Waals surface area contributed by atoms with Crippen molar-refractivity contribution in [1.82, 2.24) is 20.0 Å². The maximum atomic E-state index is 13.6. The number of hydrogen-bond donors (Lipinski definition) is 2. The first-order chi connectivity index (χ1) is 16.2. The average molecular weight is 499 g/mol. The van der Waals surface area contributed by atoms with Crippen LogP contribution in [0.2, 0.25) is 0 Å². The van der Waals surface area contributed by atoms with Gasteiger partial charge in [0.1, 0.15) is 0 Å². The van der Waals surface area contributed by atoms with Gasteiger partial charge in [0.2, 0.25) is 15.9 Å². The van der Waals surface area contributed by atoms with Crippen molar-refractivity contribution in [1.29, 1.82) is 0 Å². The molecule has 10 nitrogen and oxygen atoms in total. The number of amides is 3. The van der Waals surface area contributed by atoms with Gasteiger partial charge in [0.15, 0.2) is 0 Å². The first kappa shape index (κ1) is 24.4. The number of sulfonamides is 1. The fourth-order valence-electron chi connectivity index (χ4n) is 5.91. The number of nitrogens with one attached hydrogen (secondary N) is 2. The third-order valence-corrected chi connectivity index (χ3v) is 10.2. The Bertz CT molecular complexity index is 903. The second-order valence-corrected chi connectivity index (χ2v) is 13.1. The Hall–Kier alpha value is -1.27. The second kappa shape index (κ2) is 9.31. The van der Waals surface area contributed by atoms with Gasteiger partial charge in [0.25, 0.3) is 0 Å². The minimum Gasteiger partial charge on any atom is -0.376 e. The molecule has 0 aromatic heterocycles. The van der Waals surface area contributed by atoms with Gasteiger partial charge in [-0.15, -0.1) is 0 Å². The zero-order chi connectivity index (χ0) is 24.1. The molecule has 34 heavy (non-hydrogen) atoms. The number of fused-ring (bicyclic) bond motifs is 1. The minimum atomic E-state index is -3.54. The third kappa shape index (κ3) is 5.00. The summed E-state index contributed by atoms with van der Waals surface area (Å²) in [7, 11) is -3.54. The Kier molecular flexibility index (Phi) is 6.69. The molecular weight excluding hydrogens is 460 g/mol. The fraction of sp³-hybridized carbons (Fsp3) is 0.913. The summed E-state index contributed by atoms with van der Waals surface area (Å²) < 4.78 is 35.0. The molecule has 6 atom stereocenters. The molecule has 3 saturated heterocycles. The van der Waals surface area contributed by atoms with E-state index in [4.69, 9.17) is 9.57 Å². The molecule has 5 fully saturated rings. The number of urea groups is 1. The maximum Gasteiger partial charge on any atom is 0.327 e. The van der Waals surface area contributed by atoms with Gasteiger partial charge in [-0.25, -0.2) is 17.9 Å². The molecule has 2 N–H and O–H groups in total.